The highest BCUT2D eigenvalue weighted by atomic mass is 16.5. The van der Waals surface area contributed by atoms with Gasteiger partial charge >= 0.3 is 0 Å². The maximum Gasteiger partial charge on any atom is 0.252 e. The molecule has 8 nitrogen and oxygen atoms in total. The second-order valence-corrected chi connectivity index (χ2v) is 8.98. The fourth-order valence-corrected chi connectivity index (χ4v) is 4.50. The van der Waals surface area contributed by atoms with Crippen molar-refractivity contribution < 1.29 is 14.3 Å². The van der Waals surface area contributed by atoms with Crippen molar-refractivity contribution in [1.82, 2.24) is 19.6 Å². The fraction of sp³-hybridized carbons (Fsp3) is 0.462. The number of hydrogen-bond acceptors (Lipinski definition) is 6. The Morgan fingerprint density at radius 2 is 1.88 bits per heavy atom. The summed E-state index contributed by atoms with van der Waals surface area (Å²) in [6.07, 6.45) is 3.86. The zero-order valence-corrected chi connectivity index (χ0v) is 20.6. The number of pyridine rings is 1. The minimum absolute atomic E-state index is 0.0349. The number of likely N-dealkylation sites (tertiary alicyclic amines) is 1. The molecule has 1 aromatic carbocycles. The zero-order chi connectivity index (χ0) is 24.1. The van der Waals surface area contributed by atoms with E-state index in [4.69, 9.17) is 14.5 Å². The van der Waals surface area contributed by atoms with E-state index < -0.39 is 0 Å². The number of methoxy groups -OCH3 is 2. The van der Waals surface area contributed by atoms with Gasteiger partial charge in [-0.25, -0.2) is 4.98 Å². The first-order valence-electron chi connectivity index (χ1n) is 11.8. The lowest BCUT2D eigenvalue weighted by Crippen LogP contribution is -2.43. The van der Waals surface area contributed by atoms with Gasteiger partial charge in [0.25, 0.3) is 5.91 Å². The number of carbonyl (C=O) groups is 1. The summed E-state index contributed by atoms with van der Waals surface area (Å²) in [5.74, 6) is 1.77. The van der Waals surface area contributed by atoms with Crippen LogP contribution in [0.2, 0.25) is 0 Å². The summed E-state index contributed by atoms with van der Waals surface area (Å²) < 4.78 is 12.7. The molecule has 0 radical (unpaired) electrons. The van der Waals surface area contributed by atoms with E-state index in [1.165, 1.54) is 0 Å². The van der Waals surface area contributed by atoms with Crippen molar-refractivity contribution in [1.29, 1.82) is 0 Å². The standard InChI is InChI=1S/C26H35N5O3/c1-19-26(30(15-16-33-3)17-20-5-8-23(34-4)9-6-20)31-18-21(7-10-24(31)27-19)25(32)28-22-11-13-29(2)14-12-22/h5-10,18,22H,11-17H2,1-4H3,(H,28,32). The fourth-order valence-electron chi connectivity index (χ4n) is 4.50. The van der Waals surface area contributed by atoms with Crippen LogP contribution in [-0.2, 0) is 11.3 Å². The Morgan fingerprint density at radius 1 is 1.15 bits per heavy atom. The van der Waals surface area contributed by atoms with Gasteiger partial charge in [0.15, 0.2) is 0 Å². The van der Waals surface area contributed by atoms with E-state index in [0.29, 0.717) is 25.3 Å². The van der Waals surface area contributed by atoms with Crippen LogP contribution in [0.25, 0.3) is 5.65 Å². The molecule has 0 bridgehead atoms. The number of rotatable bonds is 9. The second-order valence-electron chi connectivity index (χ2n) is 8.98. The summed E-state index contributed by atoms with van der Waals surface area (Å²) in [5, 5.41) is 3.22. The molecule has 0 atom stereocenters. The number of carbonyl (C=O) groups excluding carboxylic acids is 1. The lowest BCUT2D eigenvalue weighted by molar-refractivity contribution is 0.0916. The van der Waals surface area contributed by atoms with Crippen molar-refractivity contribution in [2.75, 3.05) is 52.4 Å². The smallest absolute Gasteiger partial charge is 0.252 e. The average molecular weight is 466 g/mol. The highest BCUT2D eigenvalue weighted by Crippen LogP contribution is 2.25. The molecule has 1 fully saturated rings. The number of aromatic nitrogens is 2. The van der Waals surface area contributed by atoms with Crippen LogP contribution in [0.3, 0.4) is 0 Å². The van der Waals surface area contributed by atoms with Crippen molar-refractivity contribution in [3.05, 3.63) is 59.4 Å². The number of hydrogen-bond donors (Lipinski definition) is 1. The van der Waals surface area contributed by atoms with Gasteiger partial charge in [-0.05, 0) is 69.7 Å². The van der Waals surface area contributed by atoms with E-state index in [9.17, 15) is 4.79 Å². The molecule has 8 heteroatoms. The molecule has 2 aromatic heterocycles. The maximum absolute atomic E-state index is 13.0. The number of anilines is 1. The van der Waals surface area contributed by atoms with Crippen molar-refractivity contribution in [3.63, 3.8) is 0 Å². The highest BCUT2D eigenvalue weighted by Gasteiger charge is 2.21. The normalized spacial score (nSPS) is 14.9. The van der Waals surface area contributed by atoms with Gasteiger partial charge in [-0.15, -0.1) is 0 Å². The molecule has 1 saturated heterocycles. The molecule has 0 spiro atoms. The molecule has 1 N–H and O–H groups in total. The second kappa shape index (κ2) is 10.9. The SMILES string of the molecule is COCCN(Cc1ccc(OC)cc1)c1c(C)nc2ccc(C(=O)NC3CCN(C)CC3)cn12. The van der Waals surface area contributed by atoms with Gasteiger partial charge in [0.1, 0.15) is 17.2 Å². The molecule has 3 heterocycles. The van der Waals surface area contributed by atoms with Crippen LogP contribution >= 0.6 is 0 Å². The quantitative estimate of drug-likeness (QED) is 0.524. The van der Waals surface area contributed by atoms with E-state index in [0.717, 1.165) is 54.4 Å². The number of ether oxygens (including phenoxy) is 2. The molecule has 0 aliphatic carbocycles. The van der Waals surface area contributed by atoms with Gasteiger partial charge in [-0.2, -0.15) is 0 Å². The van der Waals surface area contributed by atoms with Crippen molar-refractivity contribution in [3.8, 4) is 5.75 Å². The summed E-state index contributed by atoms with van der Waals surface area (Å²) in [4.78, 5) is 22.4. The summed E-state index contributed by atoms with van der Waals surface area (Å²) >= 11 is 0. The molecular weight excluding hydrogens is 430 g/mol. The number of benzene rings is 1. The van der Waals surface area contributed by atoms with Crippen molar-refractivity contribution >= 4 is 17.4 Å². The van der Waals surface area contributed by atoms with Crippen molar-refractivity contribution in [2.24, 2.45) is 0 Å². The highest BCUT2D eigenvalue weighted by molar-refractivity contribution is 5.94. The van der Waals surface area contributed by atoms with Crippen LogP contribution < -0.4 is 15.0 Å². The van der Waals surface area contributed by atoms with E-state index in [-0.39, 0.29) is 11.9 Å². The Labute approximate surface area is 201 Å². The zero-order valence-electron chi connectivity index (χ0n) is 20.6. The minimum atomic E-state index is -0.0349. The third-order valence-corrected chi connectivity index (χ3v) is 6.47. The number of nitrogens with zero attached hydrogens (tertiary/aromatic N) is 4. The largest absolute Gasteiger partial charge is 0.497 e. The monoisotopic (exact) mass is 465 g/mol. The third kappa shape index (κ3) is 5.51. The third-order valence-electron chi connectivity index (χ3n) is 6.47. The van der Waals surface area contributed by atoms with Crippen LogP contribution in [0.5, 0.6) is 5.75 Å². The lowest BCUT2D eigenvalue weighted by Gasteiger charge is -2.29. The number of imidazole rings is 1. The minimum Gasteiger partial charge on any atom is -0.497 e. The summed E-state index contributed by atoms with van der Waals surface area (Å²) in [5.41, 5.74) is 3.53. The average Bonchev–Trinajstić information content (AvgIpc) is 3.18. The number of nitrogens with one attached hydrogen (secondary N) is 1. The van der Waals surface area contributed by atoms with Gasteiger partial charge in [0.05, 0.1) is 25.0 Å². The van der Waals surface area contributed by atoms with Gasteiger partial charge < -0.3 is 24.6 Å². The molecule has 182 valence electrons. The van der Waals surface area contributed by atoms with Crippen molar-refractivity contribution in [2.45, 2.75) is 32.4 Å². The van der Waals surface area contributed by atoms with Crippen LogP contribution in [0.15, 0.2) is 42.6 Å². The molecule has 1 aliphatic rings. The molecule has 0 saturated carbocycles. The first kappa shape index (κ1) is 24.0. The van der Waals surface area contributed by atoms with Crippen LogP contribution in [0, 0.1) is 6.92 Å². The number of amides is 1. The van der Waals surface area contributed by atoms with E-state index in [1.54, 1.807) is 14.2 Å². The number of piperidine rings is 1. The molecule has 3 aromatic rings. The Kier molecular flexibility index (Phi) is 7.70. The maximum atomic E-state index is 13.0. The Balaban J connectivity index is 1.60. The van der Waals surface area contributed by atoms with E-state index in [2.05, 4.69) is 34.3 Å². The molecule has 1 aliphatic heterocycles. The molecule has 4 rings (SSSR count). The van der Waals surface area contributed by atoms with Crippen LogP contribution in [0.1, 0.15) is 34.5 Å². The van der Waals surface area contributed by atoms with E-state index in [1.807, 2.05) is 41.8 Å². The van der Waals surface area contributed by atoms with Crippen LogP contribution in [0.4, 0.5) is 5.82 Å². The summed E-state index contributed by atoms with van der Waals surface area (Å²) in [6, 6.07) is 12.1. The summed E-state index contributed by atoms with van der Waals surface area (Å²) in [6.45, 7) is 5.99. The Hall–Kier alpha value is -3.10. The van der Waals surface area contributed by atoms with Crippen LogP contribution in [-0.4, -0.2) is 73.7 Å². The van der Waals surface area contributed by atoms with Gasteiger partial charge in [-0.1, -0.05) is 12.1 Å². The lowest BCUT2D eigenvalue weighted by atomic mass is 10.1. The topological polar surface area (TPSA) is 71.3 Å². The number of fused-ring (bicyclic) bond motifs is 1. The molecule has 1 amide bonds. The molecule has 0 unspecified atom stereocenters. The van der Waals surface area contributed by atoms with Gasteiger partial charge in [0.2, 0.25) is 0 Å². The summed E-state index contributed by atoms with van der Waals surface area (Å²) in [7, 11) is 5.50. The first-order chi connectivity index (χ1) is 16.5. The first-order valence-corrected chi connectivity index (χ1v) is 11.8. The Morgan fingerprint density at radius 3 is 2.56 bits per heavy atom. The predicted molar refractivity (Wildman–Crippen MR) is 134 cm³/mol. The molecular formula is C26H35N5O3. The van der Waals surface area contributed by atoms with Gasteiger partial charge in [0, 0.05) is 32.4 Å². The molecule has 34 heavy (non-hydrogen) atoms. The van der Waals surface area contributed by atoms with Gasteiger partial charge in [-0.3, -0.25) is 9.20 Å². The number of aryl methyl sites for hydroxylation is 1. The van der Waals surface area contributed by atoms with E-state index >= 15 is 0 Å². The predicted octanol–water partition coefficient (Wildman–Crippen LogP) is 3.13. The Bertz CT molecular complexity index is 1100.